The molecule has 82 valence electrons. The summed E-state index contributed by atoms with van der Waals surface area (Å²) in [4.78, 5) is 10.9. The zero-order valence-electron chi connectivity index (χ0n) is 9.09. The Morgan fingerprint density at radius 2 is 1.69 bits per heavy atom. The maximum atomic E-state index is 10.9. The lowest BCUT2D eigenvalue weighted by molar-refractivity contribution is 0.414. The summed E-state index contributed by atoms with van der Waals surface area (Å²) in [5.41, 5.74) is 1.20. The van der Waals surface area contributed by atoms with Crippen LogP contribution in [0.5, 0.6) is 5.75 Å². The first kappa shape index (κ1) is 10.5. The van der Waals surface area contributed by atoms with Gasteiger partial charge in [0.15, 0.2) is 5.43 Å². The Kier molecular flexibility index (Phi) is 3.05. The SMILES string of the molecule is COc1ccc(Cn2ccc(=O)cc2)cc1. The van der Waals surface area contributed by atoms with E-state index in [0.717, 1.165) is 12.3 Å². The third kappa shape index (κ3) is 2.51. The fourth-order valence-electron chi connectivity index (χ4n) is 1.49. The van der Waals surface area contributed by atoms with Crippen molar-refractivity contribution in [2.75, 3.05) is 7.11 Å². The van der Waals surface area contributed by atoms with Crippen LogP contribution in [0.1, 0.15) is 5.56 Å². The Morgan fingerprint density at radius 3 is 2.25 bits per heavy atom. The van der Waals surface area contributed by atoms with Crippen LogP contribution >= 0.6 is 0 Å². The monoisotopic (exact) mass is 215 g/mol. The smallest absolute Gasteiger partial charge is 0.181 e. The first-order valence-electron chi connectivity index (χ1n) is 5.07. The summed E-state index contributed by atoms with van der Waals surface area (Å²) in [5, 5.41) is 0. The van der Waals surface area contributed by atoms with Gasteiger partial charge in [-0.05, 0) is 17.7 Å². The maximum Gasteiger partial charge on any atom is 0.181 e. The van der Waals surface area contributed by atoms with Gasteiger partial charge in [-0.2, -0.15) is 0 Å². The maximum absolute atomic E-state index is 10.9. The van der Waals surface area contributed by atoms with Crippen LogP contribution in [-0.4, -0.2) is 11.7 Å². The van der Waals surface area contributed by atoms with E-state index >= 15 is 0 Å². The topological polar surface area (TPSA) is 31.2 Å². The largest absolute Gasteiger partial charge is 0.497 e. The number of aromatic nitrogens is 1. The summed E-state index contributed by atoms with van der Waals surface area (Å²) in [6, 6.07) is 11.0. The van der Waals surface area contributed by atoms with E-state index in [4.69, 9.17) is 4.74 Å². The van der Waals surface area contributed by atoms with Gasteiger partial charge in [-0.15, -0.1) is 0 Å². The van der Waals surface area contributed by atoms with Crippen molar-refractivity contribution in [3.8, 4) is 5.75 Å². The van der Waals surface area contributed by atoms with Crippen LogP contribution in [-0.2, 0) is 6.54 Å². The van der Waals surface area contributed by atoms with Crippen molar-refractivity contribution < 1.29 is 4.74 Å². The minimum Gasteiger partial charge on any atom is -0.497 e. The molecule has 16 heavy (non-hydrogen) atoms. The molecule has 2 aromatic rings. The van der Waals surface area contributed by atoms with E-state index in [2.05, 4.69) is 0 Å². The van der Waals surface area contributed by atoms with E-state index in [1.54, 1.807) is 31.6 Å². The third-order valence-electron chi connectivity index (χ3n) is 2.38. The molecule has 2 rings (SSSR count). The van der Waals surface area contributed by atoms with Crippen LogP contribution < -0.4 is 10.2 Å². The number of benzene rings is 1. The van der Waals surface area contributed by atoms with Crippen LogP contribution in [0.15, 0.2) is 53.6 Å². The summed E-state index contributed by atoms with van der Waals surface area (Å²) in [6.07, 6.45) is 3.57. The predicted octanol–water partition coefficient (Wildman–Crippen LogP) is 1.91. The number of ether oxygens (including phenoxy) is 1. The lowest BCUT2D eigenvalue weighted by atomic mass is 10.2. The first-order chi connectivity index (χ1) is 7.78. The van der Waals surface area contributed by atoms with Gasteiger partial charge in [0.25, 0.3) is 0 Å². The molecule has 0 bridgehead atoms. The Balaban J connectivity index is 2.14. The van der Waals surface area contributed by atoms with Gasteiger partial charge in [0, 0.05) is 31.1 Å². The van der Waals surface area contributed by atoms with Crippen LogP contribution in [0.2, 0.25) is 0 Å². The second kappa shape index (κ2) is 4.66. The molecule has 0 aliphatic heterocycles. The predicted molar refractivity (Wildman–Crippen MR) is 62.8 cm³/mol. The molecule has 3 heteroatoms. The molecule has 0 aliphatic carbocycles. The molecule has 0 unspecified atom stereocenters. The minimum absolute atomic E-state index is 0.0333. The molecule has 0 fully saturated rings. The van der Waals surface area contributed by atoms with Gasteiger partial charge in [-0.3, -0.25) is 4.79 Å². The number of hydrogen-bond acceptors (Lipinski definition) is 2. The molecule has 0 N–H and O–H groups in total. The third-order valence-corrected chi connectivity index (χ3v) is 2.38. The molecule has 0 saturated carbocycles. The highest BCUT2D eigenvalue weighted by Gasteiger charge is 1.95. The van der Waals surface area contributed by atoms with Crippen molar-refractivity contribution in [2.24, 2.45) is 0 Å². The lowest BCUT2D eigenvalue weighted by Gasteiger charge is -2.06. The van der Waals surface area contributed by atoms with Gasteiger partial charge in [-0.1, -0.05) is 12.1 Å². The van der Waals surface area contributed by atoms with Gasteiger partial charge in [0.1, 0.15) is 5.75 Å². The number of methoxy groups -OCH3 is 1. The van der Waals surface area contributed by atoms with E-state index in [1.165, 1.54) is 5.56 Å². The quantitative estimate of drug-likeness (QED) is 0.783. The molecule has 1 heterocycles. The zero-order chi connectivity index (χ0) is 11.4. The Morgan fingerprint density at radius 1 is 1.06 bits per heavy atom. The van der Waals surface area contributed by atoms with Gasteiger partial charge in [0.05, 0.1) is 7.11 Å². The fourth-order valence-corrected chi connectivity index (χ4v) is 1.49. The average molecular weight is 215 g/mol. The van der Waals surface area contributed by atoms with Crippen molar-refractivity contribution in [1.82, 2.24) is 4.57 Å². The van der Waals surface area contributed by atoms with E-state index in [1.807, 2.05) is 28.8 Å². The molecular weight excluding hydrogens is 202 g/mol. The van der Waals surface area contributed by atoms with Gasteiger partial charge in [0.2, 0.25) is 0 Å². The number of pyridine rings is 1. The number of hydrogen-bond donors (Lipinski definition) is 0. The standard InChI is InChI=1S/C13H13NO2/c1-16-13-4-2-11(3-5-13)10-14-8-6-12(15)7-9-14/h2-9H,10H2,1H3. The van der Waals surface area contributed by atoms with Gasteiger partial charge >= 0.3 is 0 Å². The molecule has 0 amide bonds. The molecule has 0 aliphatic rings. The molecule has 0 atom stereocenters. The zero-order valence-corrected chi connectivity index (χ0v) is 9.09. The summed E-state index contributed by atoms with van der Waals surface area (Å²) < 4.78 is 7.05. The molecule has 1 aromatic carbocycles. The molecule has 0 spiro atoms. The Bertz CT molecular complexity index is 494. The van der Waals surface area contributed by atoms with E-state index < -0.39 is 0 Å². The van der Waals surface area contributed by atoms with Crippen molar-refractivity contribution in [3.05, 3.63) is 64.6 Å². The molecule has 0 radical (unpaired) electrons. The second-order valence-corrected chi connectivity index (χ2v) is 3.55. The molecular formula is C13H13NO2. The van der Waals surface area contributed by atoms with Crippen LogP contribution in [0.3, 0.4) is 0 Å². The fraction of sp³-hybridized carbons (Fsp3) is 0.154. The van der Waals surface area contributed by atoms with Crippen molar-refractivity contribution >= 4 is 0 Å². The second-order valence-electron chi connectivity index (χ2n) is 3.55. The Labute approximate surface area is 93.9 Å². The van der Waals surface area contributed by atoms with Crippen LogP contribution in [0.4, 0.5) is 0 Å². The highest BCUT2D eigenvalue weighted by Crippen LogP contribution is 2.11. The first-order valence-corrected chi connectivity index (χ1v) is 5.07. The molecule has 3 nitrogen and oxygen atoms in total. The van der Waals surface area contributed by atoms with E-state index in [0.29, 0.717) is 0 Å². The summed E-state index contributed by atoms with van der Waals surface area (Å²) >= 11 is 0. The number of nitrogens with zero attached hydrogens (tertiary/aromatic N) is 1. The lowest BCUT2D eigenvalue weighted by Crippen LogP contribution is -2.04. The highest BCUT2D eigenvalue weighted by molar-refractivity contribution is 5.27. The van der Waals surface area contributed by atoms with Crippen molar-refractivity contribution in [3.63, 3.8) is 0 Å². The minimum atomic E-state index is 0.0333. The normalized spacial score (nSPS) is 10.1. The summed E-state index contributed by atoms with van der Waals surface area (Å²) in [6.45, 7) is 0.754. The van der Waals surface area contributed by atoms with Gasteiger partial charge < -0.3 is 9.30 Å². The molecule has 0 saturated heterocycles. The van der Waals surface area contributed by atoms with Crippen molar-refractivity contribution in [2.45, 2.75) is 6.54 Å². The molecule has 1 aromatic heterocycles. The Hall–Kier alpha value is -2.03. The summed E-state index contributed by atoms with van der Waals surface area (Å²) in [7, 11) is 1.65. The highest BCUT2D eigenvalue weighted by atomic mass is 16.5. The number of rotatable bonds is 3. The van der Waals surface area contributed by atoms with Crippen molar-refractivity contribution in [1.29, 1.82) is 0 Å². The van der Waals surface area contributed by atoms with E-state index in [-0.39, 0.29) is 5.43 Å². The van der Waals surface area contributed by atoms with Gasteiger partial charge in [-0.25, -0.2) is 0 Å². The van der Waals surface area contributed by atoms with Crippen LogP contribution in [0.25, 0.3) is 0 Å². The average Bonchev–Trinajstić information content (AvgIpc) is 2.33. The summed E-state index contributed by atoms with van der Waals surface area (Å²) in [5.74, 6) is 0.851. The van der Waals surface area contributed by atoms with E-state index in [9.17, 15) is 4.79 Å². The van der Waals surface area contributed by atoms with Crippen LogP contribution in [0, 0.1) is 0 Å².